The highest BCUT2D eigenvalue weighted by atomic mass is 16.5. The van der Waals surface area contributed by atoms with Crippen LogP contribution in [0.1, 0.15) is 24.3 Å². The Balaban J connectivity index is 2.14. The van der Waals surface area contributed by atoms with Crippen LogP contribution >= 0.6 is 0 Å². The zero-order chi connectivity index (χ0) is 13.2. The summed E-state index contributed by atoms with van der Waals surface area (Å²) in [5.74, 6) is 2.33. The molecule has 0 spiro atoms. The predicted octanol–water partition coefficient (Wildman–Crippen LogP) is 2.65. The topological polar surface area (TPSA) is 46.3 Å². The summed E-state index contributed by atoms with van der Waals surface area (Å²) < 4.78 is 10.9. The average Bonchev–Trinajstić information content (AvgIpc) is 2.92. The molecule has 1 saturated heterocycles. The van der Waals surface area contributed by atoms with Crippen molar-refractivity contribution in [3.05, 3.63) is 23.9 Å². The number of piperidine rings is 1. The first kappa shape index (κ1) is 12.4. The number of aromatic amines is 1. The van der Waals surface area contributed by atoms with Crippen LogP contribution in [-0.4, -0.2) is 32.3 Å². The third kappa shape index (κ3) is 2.06. The SMILES string of the molecule is COc1ccc(OC)c2c(C3CCCNC3)c[nH]c12. The summed E-state index contributed by atoms with van der Waals surface area (Å²) in [6, 6.07) is 3.93. The van der Waals surface area contributed by atoms with Crippen molar-refractivity contribution in [2.24, 2.45) is 0 Å². The summed E-state index contributed by atoms with van der Waals surface area (Å²) in [4.78, 5) is 3.35. The van der Waals surface area contributed by atoms with Crippen molar-refractivity contribution in [2.45, 2.75) is 18.8 Å². The molecule has 0 amide bonds. The Kier molecular flexibility index (Phi) is 3.34. The number of rotatable bonds is 3. The van der Waals surface area contributed by atoms with E-state index in [4.69, 9.17) is 9.47 Å². The third-order valence-electron chi connectivity index (χ3n) is 3.97. The number of methoxy groups -OCH3 is 2. The van der Waals surface area contributed by atoms with Gasteiger partial charge < -0.3 is 19.8 Å². The maximum Gasteiger partial charge on any atom is 0.143 e. The number of hydrogen-bond donors (Lipinski definition) is 2. The summed E-state index contributed by atoms with van der Waals surface area (Å²) >= 11 is 0. The molecule has 0 bridgehead atoms. The van der Waals surface area contributed by atoms with Crippen LogP contribution in [0.15, 0.2) is 18.3 Å². The van der Waals surface area contributed by atoms with Gasteiger partial charge in [0.2, 0.25) is 0 Å². The van der Waals surface area contributed by atoms with Gasteiger partial charge >= 0.3 is 0 Å². The quantitative estimate of drug-likeness (QED) is 0.892. The molecule has 0 aliphatic carbocycles. The lowest BCUT2D eigenvalue weighted by atomic mass is 9.91. The highest BCUT2D eigenvalue weighted by molar-refractivity contribution is 5.94. The van der Waals surface area contributed by atoms with Crippen LogP contribution < -0.4 is 14.8 Å². The summed E-state index contributed by atoms with van der Waals surface area (Å²) in [6.45, 7) is 2.16. The van der Waals surface area contributed by atoms with Crippen LogP contribution in [0, 0.1) is 0 Å². The van der Waals surface area contributed by atoms with Crippen molar-refractivity contribution < 1.29 is 9.47 Å². The van der Waals surface area contributed by atoms with E-state index in [2.05, 4.69) is 16.5 Å². The molecule has 19 heavy (non-hydrogen) atoms. The molecule has 1 aromatic heterocycles. The number of nitrogens with one attached hydrogen (secondary N) is 2. The summed E-state index contributed by atoms with van der Waals surface area (Å²) in [5.41, 5.74) is 2.36. The van der Waals surface area contributed by atoms with Gasteiger partial charge in [-0.05, 0) is 43.0 Å². The van der Waals surface area contributed by atoms with E-state index in [0.29, 0.717) is 5.92 Å². The van der Waals surface area contributed by atoms with E-state index in [1.54, 1.807) is 14.2 Å². The van der Waals surface area contributed by atoms with Gasteiger partial charge in [0.1, 0.15) is 11.5 Å². The van der Waals surface area contributed by atoms with Crippen LogP contribution in [0.4, 0.5) is 0 Å². The first-order valence-corrected chi connectivity index (χ1v) is 6.78. The van der Waals surface area contributed by atoms with Crippen molar-refractivity contribution >= 4 is 10.9 Å². The molecule has 4 heteroatoms. The number of aromatic nitrogens is 1. The highest BCUT2D eigenvalue weighted by Crippen LogP contribution is 2.39. The van der Waals surface area contributed by atoms with Gasteiger partial charge in [-0.15, -0.1) is 0 Å². The van der Waals surface area contributed by atoms with Crippen LogP contribution in [0.2, 0.25) is 0 Å². The lowest BCUT2D eigenvalue weighted by molar-refractivity contribution is 0.409. The van der Waals surface area contributed by atoms with E-state index in [0.717, 1.165) is 35.5 Å². The summed E-state index contributed by atoms with van der Waals surface area (Å²) in [6.07, 6.45) is 4.55. The molecule has 1 aliphatic heterocycles. The van der Waals surface area contributed by atoms with E-state index in [9.17, 15) is 0 Å². The Bertz CT molecular complexity index is 571. The Morgan fingerprint density at radius 1 is 1.16 bits per heavy atom. The maximum absolute atomic E-state index is 5.52. The van der Waals surface area contributed by atoms with Gasteiger partial charge in [0.05, 0.1) is 19.7 Å². The van der Waals surface area contributed by atoms with Gasteiger partial charge in [-0.3, -0.25) is 0 Å². The highest BCUT2D eigenvalue weighted by Gasteiger charge is 2.22. The van der Waals surface area contributed by atoms with Crippen molar-refractivity contribution in [3.8, 4) is 11.5 Å². The molecule has 1 fully saturated rings. The minimum absolute atomic E-state index is 0.545. The number of H-pyrrole nitrogens is 1. The van der Waals surface area contributed by atoms with E-state index in [1.165, 1.54) is 18.4 Å². The van der Waals surface area contributed by atoms with Crippen molar-refractivity contribution in [2.75, 3.05) is 27.3 Å². The molecule has 2 heterocycles. The van der Waals surface area contributed by atoms with Crippen LogP contribution in [0.5, 0.6) is 11.5 Å². The normalized spacial score (nSPS) is 19.6. The molecular formula is C15H20N2O2. The van der Waals surface area contributed by atoms with Gasteiger partial charge in [0.25, 0.3) is 0 Å². The van der Waals surface area contributed by atoms with E-state index in [1.807, 2.05) is 12.1 Å². The standard InChI is InChI=1S/C15H20N2O2/c1-18-12-5-6-13(19-2)15-14(12)11(9-17-15)10-4-3-7-16-8-10/h5-6,9-10,16-17H,3-4,7-8H2,1-2H3. The van der Waals surface area contributed by atoms with Gasteiger partial charge in [0.15, 0.2) is 0 Å². The molecule has 0 saturated carbocycles. The number of ether oxygens (including phenoxy) is 2. The monoisotopic (exact) mass is 260 g/mol. The van der Waals surface area contributed by atoms with Crippen LogP contribution in [0.25, 0.3) is 10.9 Å². The summed E-state index contributed by atoms with van der Waals surface area (Å²) in [7, 11) is 3.42. The second-order valence-corrected chi connectivity index (χ2v) is 5.01. The van der Waals surface area contributed by atoms with Gasteiger partial charge in [-0.2, -0.15) is 0 Å². The Labute approximate surface area is 113 Å². The Hall–Kier alpha value is -1.68. The fourth-order valence-electron chi connectivity index (χ4n) is 3.00. The number of fused-ring (bicyclic) bond motifs is 1. The molecule has 1 atom stereocenters. The molecule has 102 valence electrons. The fraction of sp³-hybridized carbons (Fsp3) is 0.467. The largest absolute Gasteiger partial charge is 0.496 e. The van der Waals surface area contributed by atoms with E-state index < -0.39 is 0 Å². The van der Waals surface area contributed by atoms with Gasteiger partial charge in [-0.25, -0.2) is 0 Å². The van der Waals surface area contributed by atoms with Gasteiger partial charge in [-0.1, -0.05) is 0 Å². The fourth-order valence-corrected chi connectivity index (χ4v) is 3.00. The first-order valence-electron chi connectivity index (χ1n) is 6.78. The van der Waals surface area contributed by atoms with E-state index in [-0.39, 0.29) is 0 Å². The van der Waals surface area contributed by atoms with E-state index >= 15 is 0 Å². The summed E-state index contributed by atoms with van der Waals surface area (Å²) in [5, 5.41) is 4.63. The molecule has 1 unspecified atom stereocenters. The second kappa shape index (κ2) is 5.13. The molecular weight excluding hydrogens is 240 g/mol. The predicted molar refractivity (Wildman–Crippen MR) is 76.2 cm³/mol. The zero-order valence-electron chi connectivity index (χ0n) is 11.5. The van der Waals surface area contributed by atoms with Crippen molar-refractivity contribution in [1.29, 1.82) is 0 Å². The van der Waals surface area contributed by atoms with Crippen molar-refractivity contribution in [1.82, 2.24) is 10.3 Å². The molecule has 1 aromatic carbocycles. The molecule has 1 aliphatic rings. The minimum Gasteiger partial charge on any atom is -0.496 e. The second-order valence-electron chi connectivity index (χ2n) is 5.01. The van der Waals surface area contributed by atoms with Gasteiger partial charge in [0, 0.05) is 18.1 Å². The lowest BCUT2D eigenvalue weighted by Gasteiger charge is -2.22. The number of hydrogen-bond acceptors (Lipinski definition) is 3. The Morgan fingerprint density at radius 3 is 2.63 bits per heavy atom. The zero-order valence-corrected chi connectivity index (χ0v) is 11.5. The average molecular weight is 260 g/mol. The maximum atomic E-state index is 5.52. The lowest BCUT2D eigenvalue weighted by Crippen LogP contribution is -2.28. The number of benzene rings is 1. The van der Waals surface area contributed by atoms with Crippen LogP contribution in [-0.2, 0) is 0 Å². The molecule has 4 nitrogen and oxygen atoms in total. The first-order chi connectivity index (χ1) is 9.35. The molecule has 0 radical (unpaired) electrons. The molecule has 2 N–H and O–H groups in total. The van der Waals surface area contributed by atoms with Crippen molar-refractivity contribution in [3.63, 3.8) is 0 Å². The van der Waals surface area contributed by atoms with Crippen LogP contribution in [0.3, 0.4) is 0 Å². The minimum atomic E-state index is 0.545. The molecule has 2 aromatic rings. The molecule has 3 rings (SSSR count). The smallest absolute Gasteiger partial charge is 0.143 e. The Morgan fingerprint density at radius 2 is 1.95 bits per heavy atom. The third-order valence-corrected chi connectivity index (χ3v) is 3.97.